The zero-order chi connectivity index (χ0) is 8.32. The van der Waals surface area contributed by atoms with Crippen LogP contribution in [0.1, 0.15) is 25.1 Å². The molecule has 0 aromatic carbocycles. The molecule has 0 saturated heterocycles. The Kier molecular flexibility index (Phi) is 2.62. The van der Waals surface area contributed by atoms with E-state index >= 15 is 0 Å². The van der Waals surface area contributed by atoms with E-state index in [4.69, 9.17) is 5.73 Å². The summed E-state index contributed by atoms with van der Waals surface area (Å²) in [4.78, 5) is 5.28. The van der Waals surface area contributed by atoms with Gasteiger partial charge in [-0.1, -0.05) is 6.92 Å². The lowest BCUT2D eigenvalue weighted by Crippen LogP contribution is -2.37. The van der Waals surface area contributed by atoms with Crippen molar-refractivity contribution in [2.45, 2.75) is 32.2 Å². The summed E-state index contributed by atoms with van der Waals surface area (Å²) < 4.78 is 0. The molecule has 1 rings (SSSR count). The van der Waals surface area contributed by atoms with E-state index in [0.717, 1.165) is 12.8 Å². The van der Waals surface area contributed by atoms with Crippen LogP contribution in [-0.2, 0) is 6.42 Å². The van der Waals surface area contributed by atoms with Crippen molar-refractivity contribution in [1.82, 2.24) is 4.98 Å². The lowest BCUT2D eigenvalue weighted by molar-refractivity contribution is 0.453. The lowest BCUT2D eigenvalue weighted by Gasteiger charge is -2.20. The first-order valence-electron chi connectivity index (χ1n) is 3.80. The fourth-order valence-corrected chi connectivity index (χ4v) is 1.64. The molecule has 0 aliphatic heterocycles. The highest BCUT2D eigenvalue weighted by atomic mass is 32.1. The molecule has 11 heavy (non-hydrogen) atoms. The summed E-state index contributed by atoms with van der Waals surface area (Å²) in [5.41, 5.74) is 7.77. The summed E-state index contributed by atoms with van der Waals surface area (Å²) >= 11 is 1.67. The predicted molar refractivity (Wildman–Crippen MR) is 48.7 cm³/mol. The average Bonchev–Trinajstić information content (AvgIpc) is 2.39. The molecule has 3 heteroatoms. The minimum absolute atomic E-state index is 0.0630. The number of thiazole rings is 1. The molecule has 0 bridgehead atoms. The summed E-state index contributed by atoms with van der Waals surface area (Å²) in [6.07, 6.45) is 3.84. The van der Waals surface area contributed by atoms with Gasteiger partial charge in [-0.15, -0.1) is 11.3 Å². The van der Waals surface area contributed by atoms with Crippen molar-refractivity contribution in [3.63, 3.8) is 0 Å². The topological polar surface area (TPSA) is 38.9 Å². The Morgan fingerprint density at radius 1 is 1.73 bits per heavy atom. The highest BCUT2D eigenvalue weighted by Crippen LogP contribution is 2.16. The molecule has 62 valence electrons. The van der Waals surface area contributed by atoms with Gasteiger partial charge in [0.05, 0.1) is 5.51 Å². The van der Waals surface area contributed by atoms with Crippen LogP contribution in [0.15, 0.2) is 11.7 Å². The third-order valence-corrected chi connectivity index (χ3v) is 2.65. The molecule has 2 nitrogen and oxygen atoms in total. The van der Waals surface area contributed by atoms with Gasteiger partial charge in [-0.05, 0) is 13.3 Å². The minimum Gasteiger partial charge on any atom is -0.325 e. The first kappa shape index (κ1) is 8.68. The van der Waals surface area contributed by atoms with E-state index in [2.05, 4.69) is 18.8 Å². The van der Waals surface area contributed by atoms with Crippen LogP contribution in [-0.4, -0.2) is 10.5 Å². The summed E-state index contributed by atoms with van der Waals surface area (Å²) in [5.74, 6) is 0. The van der Waals surface area contributed by atoms with Crippen LogP contribution in [0.2, 0.25) is 0 Å². The zero-order valence-corrected chi connectivity index (χ0v) is 7.82. The highest BCUT2D eigenvalue weighted by Gasteiger charge is 2.16. The molecule has 0 saturated carbocycles. The molecule has 0 radical (unpaired) electrons. The van der Waals surface area contributed by atoms with E-state index in [1.807, 2.05) is 11.7 Å². The Hall–Kier alpha value is -0.410. The summed E-state index contributed by atoms with van der Waals surface area (Å²) in [6, 6.07) is 0. The highest BCUT2D eigenvalue weighted by molar-refractivity contribution is 7.09. The molecule has 1 atom stereocenters. The Morgan fingerprint density at radius 3 is 2.91 bits per heavy atom. The third kappa shape index (κ3) is 2.60. The summed E-state index contributed by atoms with van der Waals surface area (Å²) in [6.45, 7) is 4.19. The van der Waals surface area contributed by atoms with Crippen molar-refractivity contribution in [3.8, 4) is 0 Å². The van der Waals surface area contributed by atoms with Gasteiger partial charge in [0.15, 0.2) is 0 Å². The maximum atomic E-state index is 5.99. The smallest absolute Gasteiger partial charge is 0.0794 e. The predicted octanol–water partition coefficient (Wildman–Crippen LogP) is 1.81. The maximum Gasteiger partial charge on any atom is 0.0794 e. The number of rotatable bonds is 3. The van der Waals surface area contributed by atoms with Gasteiger partial charge in [-0.3, -0.25) is 4.98 Å². The van der Waals surface area contributed by atoms with Gasteiger partial charge in [0.1, 0.15) is 0 Å². The van der Waals surface area contributed by atoms with Crippen LogP contribution in [0.4, 0.5) is 0 Å². The normalized spacial score (nSPS) is 16.3. The largest absolute Gasteiger partial charge is 0.325 e. The van der Waals surface area contributed by atoms with Crippen LogP contribution >= 0.6 is 11.3 Å². The Labute approximate surface area is 71.5 Å². The molecule has 0 spiro atoms. The van der Waals surface area contributed by atoms with Crippen LogP contribution < -0.4 is 5.73 Å². The van der Waals surface area contributed by atoms with Gasteiger partial charge in [0.25, 0.3) is 0 Å². The Bertz CT molecular complexity index is 204. The van der Waals surface area contributed by atoms with Crippen molar-refractivity contribution in [3.05, 3.63) is 16.6 Å². The third-order valence-electron chi connectivity index (χ3n) is 1.87. The lowest BCUT2D eigenvalue weighted by atomic mass is 9.96. The SMILES string of the molecule is CCC(C)(N)Cc1cncs1. The van der Waals surface area contributed by atoms with Gasteiger partial charge in [0.2, 0.25) is 0 Å². The van der Waals surface area contributed by atoms with Crippen LogP contribution in [0.3, 0.4) is 0 Å². The van der Waals surface area contributed by atoms with E-state index in [0.29, 0.717) is 0 Å². The number of hydrogen-bond acceptors (Lipinski definition) is 3. The quantitative estimate of drug-likeness (QED) is 0.751. The fourth-order valence-electron chi connectivity index (χ4n) is 0.852. The van der Waals surface area contributed by atoms with Gasteiger partial charge in [-0.2, -0.15) is 0 Å². The second-order valence-electron chi connectivity index (χ2n) is 3.15. The van der Waals surface area contributed by atoms with Crippen molar-refractivity contribution < 1.29 is 0 Å². The molecule has 0 aliphatic rings. The van der Waals surface area contributed by atoms with Crippen molar-refractivity contribution >= 4 is 11.3 Å². The molecule has 0 fully saturated rings. The van der Waals surface area contributed by atoms with E-state index in [1.54, 1.807) is 11.3 Å². The maximum absolute atomic E-state index is 5.99. The molecule has 2 N–H and O–H groups in total. The molecule has 1 unspecified atom stereocenters. The first-order chi connectivity index (χ1) is 5.14. The number of aromatic nitrogens is 1. The van der Waals surface area contributed by atoms with Crippen LogP contribution in [0.5, 0.6) is 0 Å². The fraction of sp³-hybridized carbons (Fsp3) is 0.625. The van der Waals surface area contributed by atoms with Gasteiger partial charge < -0.3 is 5.73 Å². The molecular formula is C8H14N2S. The van der Waals surface area contributed by atoms with Gasteiger partial charge in [-0.25, -0.2) is 0 Å². The van der Waals surface area contributed by atoms with Crippen molar-refractivity contribution in [2.24, 2.45) is 5.73 Å². The van der Waals surface area contributed by atoms with Gasteiger partial charge >= 0.3 is 0 Å². The number of hydrogen-bond donors (Lipinski definition) is 1. The summed E-state index contributed by atoms with van der Waals surface area (Å²) in [5, 5.41) is 0. The number of nitrogens with two attached hydrogens (primary N) is 1. The first-order valence-corrected chi connectivity index (χ1v) is 4.68. The van der Waals surface area contributed by atoms with E-state index in [1.165, 1.54) is 4.88 Å². The second-order valence-corrected chi connectivity index (χ2v) is 4.12. The van der Waals surface area contributed by atoms with Gasteiger partial charge in [0, 0.05) is 23.0 Å². The zero-order valence-electron chi connectivity index (χ0n) is 7.00. The monoisotopic (exact) mass is 170 g/mol. The average molecular weight is 170 g/mol. The van der Waals surface area contributed by atoms with E-state index in [9.17, 15) is 0 Å². The van der Waals surface area contributed by atoms with Crippen LogP contribution in [0.25, 0.3) is 0 Å². The standard InChI is InChI=1S/C8H14N2S/c1-3-8(2,9)4-7-5-10-6-11-7/h5-6H,3-4,9H2,1-2H3. The molecule has 1 heterocycles. The second kappa shape index (κ2) is 3.32. The van der Waals surface area contributed by atoms with E-state index in [-0.39, 0.29) is 5.54 Å². The van der Waals surface area contributed by atoms with Crippen molar-refractivity contribution in [2.75, 3.05) is 0 Å². The molecule has 0 amide bonds. The number of nitrogens with zero attached hydrogens (tertiary/aromatic N) is 1. The molecule has 1 aromatic heterocycles. The van der Waals surface area contributed by atoms with Crippen LogP contribution in [0, 0.1) is 0 Å². The van der Waals surface area contributed by atoms with E-state index < -0.39 is 0 Å². The summed E-state index contributed by atoms with van der Waals surface area (Å²) in [7, 11) is 0. The molecular weight excluding hydrogens is 156 g/mol. The Balaban J connectivity index is 2.56. The molecule has 1 aromatic rings. The van der Waals surface area contributed by atoms with Crippen molar-refractivity contribution in [1.29, 1.82) is 0 Å². The minimum atomic E-state index is -0.0630. The Morgan fingerprint density at radius 2 is 2.45 bits per heavy atom. The molecule has 0 aliphatic carbocycles.